The number of hydrogen-bond acceptors (Lipinski definition) is 2. The first-order chi connectivity index (χ1) is 28.5. The average Bonchev–Trinajstić information content (AvgIpc) is 3.70. The Hall–Kier alpha value is -6.64. The number of nitrogens with zero attached hydrogens (tertiary/aromatic N) is 1. The van der Waals surface area contributed by atoms with Gasteiger partial charge in [0.25, 0.3) is 0 Å². The first kappa shape index (κ1) is 36.7. The Balaban J connectivity index is 1.30. The summed E-state index contributed by atoms with van der Waals surface area (Å²) >= 11 is 0. The van der Waals surface area contributed by atoms with Crippen molar-refractivity contribution in [1.82, 2.24) is 0 Å². The van der Waals surface area contributed by atoms with Gasteiger partial charge < -0.3 is 9.32 Å². The average molecular weight is 764 g/mol. The van der Waals surface area contributed by atoms with Gasteiger partial charge in [0.05, 0.1) is 5.69 Å². The van der Waals surface area contributed by atoms with Crippen LogP contribution in [0.2, 0.25) is 0 Å². The summed E-state index contributed by atoms with van der Waals surface area (Å²) in [7, 11) is 0. The van der Waals surface area contributed by atoms with E-state index in [2.05, 4.69) is 234 Å². The van der Waals surface area contributed by atoms with Crippen molar-refractivity contribution < 1.29 is 4.42 Å². The maximum absolute atomic E-state index is 7.16. The molecule has 288 valence electrons. The molecular formula is C57H49NO. The lowest BCUT2D eigenvalue weighted by Gasteiger charge is -2.44. The Kier molecular flexibility index (Phi) is 8.54. The van der Waals surface area contributed by atoms with Crippen LogP contribution in [0.5, 0.6) is 0 Å². The van der Waals surface area contributed by atoms with Crippen LogP contribution in [0.1, 0.15) is 52.7 Å². The zero-order valence-electron chi connectivity index (χ0n) is 34.8. The molecule has 1 heterocycles. The van der Waals surface area contributed by atoms with Crippen molar-refractivity contribution in [2.45, 2.75) is 52.4 Å². The number of rotatable bonds is 7. The van der Waals surface area contributed by atoms with Gasteiger partial charge in [-0.2, -0.15) is 0 Å². The highest BCUT2D eigenvalue weighted by molar-refractivity contribution is 6.14. The summed E-state index contributed by atoms with van der Waals surface area (Å²) < 4.78 is 7.16. The maximum atomic E-state index is 7.16. The van der Waals surface area contributed by atoms with Gasteiger partial charge in [-0.15, -0.1) is 0 Å². The third kappa shape index (κ3) is 5.76. The van der Waals surface area contributed by atoms with Crippen LogP contribution in [-0.4, -0.2) is 0 Å². The minimum absolute atomic E-state index is 0.0283. The fourth-order valence-corrected chi connectivity index (χ4v) is 9.69. The summed E-state index contributed by atoms with van der Waals surface area (Å²) in [6.07, 6.45) is 0. The van der Waals surface area contributed by atoms with Crippen molar-refractivity contribution in [2.75, 3.05) is 4.90 Å². The summed E-state index contributed by atoms with van der Waals surface area (Å²) in [5, 5.41) is 2.24. The van der Waals surface area contributed by atoms with E-state index in [1.54, 1.807) is 0 Å². The first-order valence-corrected chi connectivity index (χ1v) is 20.8. The molecule has 0 N–H and O–H groups in total. The standard InChI is InChI=1S/C57H49NO/c1-55(2)50-36-49(48-33-19-32-47-46-31-18-30-45(53(46)59-54(47)48)40-24-14-9-15-25-40)52(37-51(50)56(3,4)57(55,5)6)58(43-28-16-26-41(34-43)38-20-10-7-11-21-38)44-29-17-27-42(35-44)39-22-12-8-13-23-39/h7-37H,1-6H3. The van der Waals surface area contributed by atoms with E-state index in [1.165, 1.54) is 33.4 Å². The summed E-state index contributed by atoms with van der Waals surface area (Å²) in [5.74, 6) is 0. The Morgan fingerprint density at radius 2 is 0.780 bits per heavy atom. The number of anilines is 3. The summed E-state index contributed by atoms with van der Waals surface area (Å²) in [6, 6.07) is 68.2. The van der Waals surface area contributed by atoms with Gasteiger partial charge in [-0.3, -0.25) is 0 Å². The largest absolute Gasteiger partial charge is 0.455 e. The lowest BCUT2D eigenvalue weighted by molar-refractivity contribution is 0.125. The van der Waals surface area contributed by atoms with E-state index < -0.39 is 0 Å². The van der Waals surface area contributed by atoms with E-state index in [-0.39, 0.29) is 16.2 Å². The van der Waals surface area contributed by atoms with Gasteiger partial charge in [0.2, 0.25) is 0 Å². The fourth-order valence-electron chi connectivity index (χ4n) is 9.69. The SMILES string of the molecule is CC1(C)c2cc(-c3cccc4c3oc3c(-c5ccccc5)cccc34)c(N(c3cccc(-c4ccccc4)c3)c3cccc(-c4ccccc4)c3)cc2C(C)(C)C1(C)C. The fraction of sp³-hybridized carbons (Fsp3) is 0.158. The van der Waals surface area contributed by atoms with E-state index in [4.69, 9.17) is 4.42 Å². The molecule has 0 amide bonds. The topological polar surface area (TPSA) is 16.4 Å². The van der Waals surface area contributed by atoms with Crippen LogP contribution >= 0.6 is 0 Å². The van der Waals surface area contributed by atoms with E-state index in [1.807, 2.05) is 0 Å². The van der Waals surface area contributed by atoms with Crippen LogP contribution in [0.25, 0.3) is 66.4 Å². The monoisotopic (exact) mass is 763 g/mol. The highest BCUT2D eigenvalue weighted by atomic mass is 16.3. The van der Waals surface area contributed by atoms with Crippen LogP contribution in [-0.2, 0) is 10.8 Å². The van der Waals surface area contributed by atoms with Gasteiger partial charge in [0.15, 0.2) is 0 Å². The van der Waals surface area contributed by atoms with Gasteiger partial charge in [-0.05, 0) is 91.6 Å². The van der Waals surface area contributed by atoms with Crippen molar-refractivity contribution in [3.05, 3.63) is 199 Å². The molecule has 9 aromatic rings. The number of benzene rings is 8. The smallest absolute Gasteiger partial charge is 0.143 e. The van der Waals surface area contributed by atoms with Crippen molar-refractivity contribution >= 4 is 39.0 Å². The number of hydrogen-bond donors (Lipinski definition) is 0. The summed E-state index contributed by atoms with van der Waals surface area (Å²) in [5.41, 5.74) is 16.8. The van der Waals surface area contributed by atoms with E-state index in [9.17, 15) is 0 Å². The zero-order valence-corrected chi connectivity index (χ0v) is 34.8. The van der Waals surface area contributed by atoms with E-state index in [0.29, 0.717) is 0 Å². The first-order valence-electron chi connectivity index (χ1n) is 20.8. The summed E-state index contributed by atoms with van der Waals surface area (Å²) in [6.45, 7) is 14.6. The molecule has 0 spiro atoms. The maximum Gasteiger partial charge on any atom is 0.143 e. The number of fused-ring (bicyclic) bond motifs is 4. The predicted molar refractivity (Wildman–Crippen MR) is 250 cm³/mol. The minimum atomic E-state index is -0.113. The molecule has 8 aromatic carbocycles. The van der Waals surface area contributed by atoms with Crippen molar-refractivity contribution in [3.63, 3.8) is 0 Å². The Bertz CT molecular complexity index is 2920. The lowest BCUT2D eigenvalue weighted by atomic mass is 9.59. The summed E-state index contributed by atoms with van der Waals surface area (Å²) in [4.78, 5) is 2.49. The van der Waals surface area contributed by atoms with Gasteiger partial charge in [-0.25, -0.2) is 0 Å². The van der Waals surface area contributed by atoms with Crippen molar-refractivity contribution in [1.29, 1.82) is 0 Å². The lowest BCUT2D eigenvalue weighted by Crippen LogP contribution is -2.42. The highest BCUT2D eigenvalue weighted by Crippen LogP contribution is 2.63. The van der Waals surface area contributed by atoms with Gasteiger partial charge in [-0.1, -0.05) is 193 Å². The third-order valence-electron chi connectivity index (χ3n) is 14.2. The quantitative estimate of drug-likeness (QED) is 0.161. The molecule has 0 bridgehead atoms. The molecule has 59 heavy (non-hydrogen) atoms. The van der Waals surface area contributed by atoms with E-state index in [0.717, 1.165) is 61.3 Å². The molecule has 1 aliphatic carbocycles. The molecule has 10 rings (SSSR count). The molecule has 0 saturated heterocycles. The highest BCUT2D eigenvalue weighted by Gasteiger charge is 2.57. The molecule has 0 atom stereocenters. The van der Waals surface area contributed by atoms with Crippen molar-refractivity contribution in [3.8, 4) is 44.5 Å². The molecule has 0 radical (unpaired) electrons. The Morgan fingerprint density at radius 3 is 1.31 bits per heavy atom. The second kappa shape index (κ2) is 13.7. The molecule has 1 aliphatic rings. The number of furan rings is 1. The van der Waals surface area contributed by atoms with Crippen LogP contribution in [0.15, 0.2) is 192 Å². The second-order valence-electron chi connectivity index (χ2n) is 17.8. The third-order valence-corrected chi connectivity index (χ3v) is 14.2. The van der Waals surface area contributed by atoms with Crippen LogP contribution in [0, 0.1) is 5.41 Å². The normalized spacial score (nSPS) is 15.0. The van der Waals surface area contributed by atoms with Crippen LogP contribution in [0.4, 0.5) is 17.1 Å². The number of para-hydroxylation sites is 2. The van der Waals surface area contributed by atoms with Gasteiger partial charge in [0.1, 0.15) is 11.2 Å². The Morgan fingerprint density at radius 1 is 0.356 bits per heavy atom. The zero-order chi connectivity index (χ0) is 40.5. The predicted octanol–water partition coefficient (Wildman–Crippen LogP) is 16.3. The molecule has 0 saturated carbocycles. The molecule has 0 fully saturated rings. The molecule has 2 heteroatoms. The molecule has 0 unspecified atom stereocenters. The van der Waals surface area contributed by atoms with Gasteiger partial charge in [0, 0.05) is 38.8 Å². The molecule has 1 aromatic heterocycles. The van der Waals surface area contributed by atoms with Gasteiger partial charge >= 0.3 is 0 Å². The minimum Gasteiger partial charge on any atom is -0.455 e. The molecular weight excluding hydrogens is 715 g/mol. The van der Waals surface area contributed by atoms with Crippen LogP contribution < -0.4 is 4.90 Å². The Labute approximate surface area is 348 Å². The van der Waals surface area contributed by atoms with Crippen molar-refractivity contribution in [2.24, 2.45) is 5.41 Å². The molecule has 2 nitrogen and oxygen atoms in total. The molecule has 0 aliphatic heterocycles. The van der Waals surface area contributed by atoms with E-state index >= 15 is 0 Å². The van der Waals surface area contributed by atoms with Crippen LogP contribution in [0.3, 0.4) is 0 Å². The second-order valence-corrected chi connectivity index (χ2v) is 17.8.